The monoisotopic (exact) mass is 322 g/mol. The van der Waals surface area contributed by atoms with Crippen LogP contribution in [0.1, 0.15) is 13.2 Å². The van der Waals surface area contributed by atoms with Crippen molar-refractivity contribution < 1.29 is 24.5 Å². The van der Waals surface area contributed by atoms with Gasteiger partial charge in [0.15, 0.2) is 11.9 Å². The number of hydrogen-bond acceptors (Lipinski definition) is 7. The molecule has 2 rings (SSSR count). The molecular weight excluding hydrogens is 307 g/mol. The Labute approximate surface area is 124 Å². The lowest BCUT2D eigenvalue weighted by Gasteiger charge is -2.28. The van der Waals surface area contributed by atoms with Gasteiger partial charge in [0.05, 0.1) is 12.5 Å². The van der Waals surface area contributed by atoms with E-state index in [2.05, 4.69) is 10.1 Å². The molecule has 0 radical (unpaired) electrons. The molecule has 1 aliphatic heterocycles. The van der Waals surface area contributed by atoms with Crippen LogP contribution >= 0.6 is 11.6 Å². The van der Waals surface area contributed by atoms with Gasteiger partial charge in [0.2, 0.25) is 0 Å². The minimum atomic E-state index is -2.31. The fourth-order valence-corrected chi connectivity index (χ4v) is 2.64. The summed E-state index contributed by atoms with van der Waals surface area (Å²) in [6.45, 7) is 0.416. The zero-order chi connectivity index (χ0) is 15.8. The van der Waals surface area contributed by atoms with E-state index in [0.717, 1.165) is 11.5 Å². The maximum absolute atomic E-state index is 14.9. The molecule has 0 spiro atoms. The summed E-state index contributed by atoms with van der Waals surface area (Å²) < 4.78 is 21.4. The Morgan fingerprint density at radius 2 is 2.33 bits per heavy atom. The molecule has 2 heterocycles. The quantitative estimate of drug-likeness (QED) is 0.332. The summed E-state index contributed by atoms with van der Waals surface area (Å²) in [6.07, 6.45) is -1.79. The number of alkyl halides is 2. The summed E-state index contributed by atoms with van der Waals surface area (Å²) >= 11 is 5.71. The Kier molecular flexibility index (Phi) is 4.11. The summed E-state index contributed by atoms with van der Waals surface area (Å²) in [7, 11) is 0. The minimum Gasteiger partial charge on any atom is -0.408 e. The highest BCUT2D eigenvalue weighted by atomic mass is 35.5. The normalized spacial score (nSPS) is 37.1. The molecule has 0 bridgehead atoms. The fourth-order valence-electron chi connectivity index (χ4n) is 2.34. The van der Waals surface area contributed by atoms with Gasteiger partial charge < -0.3 is 25.9 Å². The van der Waals surface area contributed by atoms with E-state index in [1.807, 2.05) is 0 Å². The highest BCUT2D eigenvalue weighted by molar-refractivity contribution is 6.18. The van der Waals surface area contributed by atoms with Crippen molar-refractivity contribution in [3.63, 3.8) is 0 Å². The van der Waals surface area contributed by atoms with Gasteiger partial charge in [-0.1, -0.05) is 0 Å². The minimum absolute atomic E-state index is 0.0592. The molecule has 1 aliphatic rings. The van der Waals surface area contributed by atoms with E-state index in [-0.39, 0.29) is 17.3 Å². The number of rotatable bonds is 3. The average Bonchev–Trinajstić information content (AvgIpc) is 2.68. The number of anilines is 1. The van der Waals surface area contributed by atoms with Crippen LogP contribution in [-0.4, -0.2) is 54.8 Å². The number of nitrogens with two attached hydrogens (primary N) is 1. The van der Waals surface area contributed by atoms with Crippen molar-refractivity contribution >= 4 is 17.4 Å². The third-order valence-corrected chi connectivity index (χ3v) is 4.02. The molecule has 1 fully saturated rings. The highest BCUT2D eigenvalue weighted by Gasteiger charge is 2.62. The van der Waals surface area contributed by atoms with Crippen molar-refractivity contribution in [1.29, 1.82) is 0 Å². The number of nitrogens with zero attached hydrogens (tertiary/aromatic N) is 3. The summed E-state index contributed by atoms with van der Waals surface area (Å²) in [5, 5.41) is 31.4. The standard InChI is InChI=1S/C11H16ClFN4O4/c1-10(13)7(19)11(4-12,5-18)21-8(10)17-3-2-6(14)15-9(17)16-20/h2-3,7-8,18-20H,4-5H2,1H3,(H2,14,15,16)/t7-,8+,10+,11+/m0/s1. The first kappa shape index (κ1) is 16.0. The van der Waals surface area contributed by atoms with Crippen LogP contribution in [0.25, 0.3) is 0 Å². The summed E-state index contributed by atoms with van der Waals surface area (Å²) in [6, 6.07) is 1.35. The first-order valence-corrected chi connectivity index (χ1v) is 6.60. The molecule has 4 atom stereocenters. The lowest BCUT2D eigenvalue weighted by atomic mass is 9.90. The van der Waals surface area contributed by atoms with Crippen molar-refractivity contribution in [3.8, 4) is 0 Å². The molecule has 5 N–H and O–H groups in total. The lowest BCUT2D eigenvalue weighted by Crippen LogP contribution is -2.50. The molecule has 0 saturated carbocycles. The smallest absolute Gasteiger partial charge is 0.270 e. The third kappa shape index (κ3) is 2.35. The molecule has 0 aliphatic carbocycles. The van der Waals surface area contributed by atoms with E-state index < -0.39 is 30.2 Å². The number of nitrogen functional groups attached to an aromatic ring is 1. The lowest BCUT2D eigenvalue weighted by molar-refractivity contribution is -0.116. The van der Waals surface area contributed by atoms with E-state index in [0.29, 0.717) is 0 Å². The van der Waals surface area contributed by atoms with Gasteiger partial charge >= 0.3 is 0 Å². The van der Waals surface area contributed by atoms with Gasteiger partial charge in [0.25, 0.3) is 5.62 Å². The number of ether oxygens (including phenoxy) is 1. The van der Waals surface area contributed by atoms with Crippen LogP contribution in [0.5, 0.6) is 0 Å². The van der Waals surface area contributed by atoms with Crippen molar-refractivity contribution in [1.82, 2.24) is 9.55 Å². The maximum atomic E-state index is 14.9. The molecular formula is C11H16ClFN4O4. The van der Waals surface area contributed by atoms with Crippen molar-refractivity contribution in [2.24, 2.45) is 5.16 Å². The molecule has 1 saturated heterocycles. The summed E-state index contributed by atoms with van der Waals surface area (Å²) in [5.41, 5.74) is 1.18. The Balaban J connectivity index is 2.55. The Morgan fingerprint density at radius 1 is 1.67 bits per heavy atom. The Hall–Kier alpha value is -1.42. The Bertz CT molecular complexity index is 590. The van der Waals surface area contributed by atoms with Crippen LogP contribution in [0.15, 0.2) is 17.4 Å². The number of hydrogen-bond donors (Lipinski definition) is 4. The molecule has 0 amide bonds. The molecule has 1 aromatic heterocycles. The van der Waals surface area contributed by atoms with Crippen molar-refractivity contribution in [2.75, 3.05) is 18.2 Å². The van der Waals surface area contributed by atoms with Gasteiger partial charge in [0, 0.05) is 6.20 Å². The highest BCUT2D eigenvalue weighted by Crippen LogP contribution is 2.46. The predicted molar refractivity (Wildman–Crippen MR) is 70.2 cm³/mol. The molecule has 0 unspecified atom stereocenters. The topological polar surface area (TPSA) is 126 Å². The van der Waals surface area contributed by atoms with E-state index in [1.54, 1.807) is 0 Å². The average molecular weight is 323 g/mol. The Morgan fingerprint density at radius 3 is 2.81 bits per heavy atom. The molecule has 8 nitrogen and oxygen atoms in total. The second kappa shape index (κ2) is 5.41. The van der Waals surface area contributed by atoms with E-state index in [4.69, 9.17) is 27.3 Å². The first-order chi connectivity index (χ1) is 9.82. The van der Waals surface area contributed by atoms with E-state index in [1.165, 1.54) is 12.3 Å². The fraction of sp³-hybridized carbons (Fsp3) is 0.636. The largest absolute Gasteiger partial charge is 0.408 e. The van der Waals surface area contributed by atoms with Crippen molar-refractivity contribution in [2.45, 2.75) is 30.5 Å². The van der Waals surface area contributed by atoms with Gasteiger partial charge in [0.1, 0.15) is 17.5 Å². The van der Waals surface area contributed by atoms with Crippen LogP contribution in [-0.2, 0) is 4.74 Å². The predicted octanol–water partition coefficient (Wildman–Crippen LogP) is -0.657. The summed E-state index contributed by atoms with van der Waals surface area (Å²) in [4.78, 5) is 3.73. The van der Waals surface area contributed by atoms with E-state index in [9.17, 15) is 14.6 Å². The number of aliphatic hydroxyl groups is 2. The van der Waals surface area contributed by atoms with Crippen LogP contribution < -0.4 is 11.4 Å². The van der Waals surface area contributed by atoms with E-state index >= 15 is 0 Å². The maximum Gasteiger partial charge on any atom is 0.270 e. The molecule has 21 heavy (non-hydrogen) atoms. The van der Waals surface area contributed by atoms with Crippen LogP contribution in [0.2, 0.25) is 0 Å². The zero-order valence-electron chi connectivity index (χ0n) is 11.1. The second-order valence-corrected chi connectivity index (χ2v) is 5.31. The van der Waals surface area contributed by atoms with Gasteiger partial charge in [-0.25, -0.2) is 4.39 Å². The first-order valence-electron chi connectivity index (χ1n) is 6.07. The third-order valence-electron chi connectivity index (χ3n) is 3.56. The summed E-state index contributed by atoms with van der Waals surface area (Å²) in [5.74, 6) is -0.265. The number of aliphatic hydroxyl groups excluding tert-OH is 2. The van der Waals surface area contributed by atoms with Gasteiger partial charge in [-0.3, -0.25) is 4.57 Å². The van der Waals surface area contributed by atoms with Gasteiger partial charge in [-0.2, -0.15) is 4.98 Å². The van der Waals surface area contributed by atoms with Gasteiger partial charge in [-0.15, -0.1) is 11.6 Å². The van der Waals surface area contributed by atoms with Crippen molar-refractivity contribution in [3.05, 3.63) is 17.9 Å². The SMILES string of the molecule is C[C@@]1(F)[C@H](O)[C@](CO)(CCl)O[C@H]1n1ccc(N)n/c1=N\O. The van der Waals surface area contributed by atoms with Crippen LogP contribution in [0.3, 0.4) is 0 Å². The van der Waals surface area contributed by atoms with Gasteiger partial charge in [-0.05, 0) is 18.1 Å². The molecule has 118 valence electrons. The van der Waals surface area contributed by atoms with Crippen LogP contribution in [0, 0.1) is 0 Å². The number of aromatic nitrogens is 2. The molecule has 10 heteroatoms. The second-order valence-electron chi connectivity index (χ2n) is 5.04. The molecule has 1 aromatic rings. The number of halogens is 2. The van der Waals surface area contributed by atoms with Crippen LogP contribution in [0.4, 0.5) is 10.2 Å². The zero-order valence-corrected chi connectivity index (χ0v) is 11.9. The molecule has 0 aromatic carbocycles.